The van der Waals surface area contributed by atoms with Crippen molar-refractivity contribution in [3.8, 4) is 5.75 Å². The highest BCUT2D eigenvalue weighted by Gasteiger charge is 2.39. The fourth-order valence-electron chi connectivity index (χ4n) is 4.19. The topological polar surface area (TPSA) is 78.5 Å². The minimum absolute atomic E-state index is 0.176. The molecular formula is C30H40N2O6Si. The fraction of sp³-hybridized carbons (Fsp3) is 0.367. The zero-order valence-corrected chi connectivity index (χ0v) is 24.4. The molecule has 0 saturated carbocycles. The summed E-state index contributed by atoms with van der Waals surface area (Å²) in [6, 6.07) is 26.7. The van der Waals surface area contributed by atoms with Gasteiger partial charge in [-0.25, -0.2) is 4.79 Å². The second-order valence-corrected chi connectivity index (χ2v) is 11.4. The molecule has 0 bridgehead atoms. The number of nitrogens with zero attached hydrogens (tertiary/aromatic N) is 1. The number of methoxy groups -OCH3 is 1. The van der Waals surface area contributed by atoms with E-state index < -0.39 is 14.9 Å². The summed E-state index contributed by atoms with van der Waals surface area (Å²) in [5.41, 5.74) is 3.93. The first kappa shape index (κ1) is 30.2. The number of carbonyl (C=O) groups is 1. The van der Waals surface area contributed by atoms with Gasteiger partial charge in [0.2, 0.25) is 0 Å². The number of hydrogen-bond acceptors (Lipinski definition) is 7. The molecule has 3 rings (SSSR count). The van der Waals surface area contributed by atoms with E-state index in [4.69, 9.17) is 22.8 Å². The maximum Gasteiger partial charge on any atom is 0.500 e. The van der Waals surface area contributed by atoms with Crippen LogP contribution < -0.4 is 15.0 Å². The predicted octanol–water partition coefficient (Wildman–Crippen LogP) is 6.83. The monoisotopic (exact) mass is 552 g/mol. The van der Waals surface area contributed by atoms with Crippen LogP contribution in [0, 0.1) is 0 Å². The van der Waals surface area contributed by atoms with Gasteiger partial charge in [-0.3, -0.25) is 0 Å². The van der Waals surface area contributed by atoms with Gasteiger partial charge in [0.1, 0.15) is 12.4 Å². The van der Waals surface area contributed by atoms with E-state index in [9.17, 15) is 4.79 Å². The number of alkyl carbamates (subject to hydrolysis) is 1. The smallest absolute Gasteiger partial charge is 0.497 e. The number of rotatable bonds is 16. The number of ether oxygens (including phenoxy) is 2. The molecule has 0 aliphatic carbocycles. The van der Waals surface area contributed by atoms with Crippen molar-refractivity contribution in [1.29, 1.82) is 0 Å². The lowest BCUT2D eigenvalue weighted by atomic mass is 10.1. The zero-order chi connectivity index (χ0) is 27.9. The molecule has 0 unspecified atom stereocenters. The second-order valence-electron chi connectivity index (χ2n) is 8.62. The molecule has 1 N–H and O–H groups in total. The summed E-state index contributed by atoms with van der Waals surface area (Å²) >= 11 is 0. The van der Waals surface area contributed by atoms with E-state index in [0.717, 1.165) is 28.4 Å². The summed E-state index contributed by atoms with van der Waals surface area (Å²) in [5, 5.41) is 2.81. The van der Waals surface area contributed by atoms with Gasteiger partial charge in [0.15, 0.2) is 0 Å². The van der Waals surface area contributed by atoms with Gasteiger partial charge in [-0.2, -0.15) is 0 Å². The normalized spacial score (nSPS) is 11.2. The zero-order valence-electron chi connectivity index (χ0n) is 23.4. The summed E-state index contributed by atoms with van der Waals surface area (Å²) in [5.74, 6) is 0.803. The molecule has 0 aliphatic heterocycles. The molecule has 0 spiro atoms. The molecule has 0 atom stereocenters. The van der Waals surface area contributed by atoms with Gasteiger partial charge < -0.3 is 33.0 Å². The third kappa shape index (κ3) is 9.11. The molecule has 39 heavy (non-hydrogen) atoms. The summed E-state index contributed by atoms with van der Waals surface area (Å²) in [6.45, 7) is 8.01. The second kappa shape index (κ2) is 15.9. The molecule has 0 radical (unpaired) electrons. The third-order valence-corrected chi connectivity index (χ3v) is 9.08. The van der Waals surface area contributed by atoms with Crippen molar-refractivity contribution in [1.82, 2.24) is 5.32 Å². The Hall–Kier alpha value is -3.37. The van der Waals surface area contributed by atoms with Crippen LogP contribution in [0.4, 0.5) is 21.9 Å². The van der Waals surface area contributed by atoms with E-state index in [1.165, 1.54) is 0 Å². The standard InChI is InChI=1S/C30H40N2O6Si/c1-5-36-39(37-6-2,38-7-3)23-11-22-31-30(33)35-24-25-14-16-27(17-15-25)32(26-12-9-8-10-13-26)28-18-20-29(34-4)21-19-28/h8-10,12-21H,5-7,11,22-24H2,1-4H3,(H,31,33). The van der Waals surface area contributed by atoms with Crippen LogP contribution in [-0.4, -0.2) is 48.4 Å². The van der Waals surface area contributed by atoms with Gasteiger partial charge >= 0.3 is 14.9 Å². The summed E-state index contributed by atoms with van der Waals surface area (Å²) in [4.78, 5) is 14.4. The highest BCUT2D eigenvalue weighted by Crippen LogP contribution is 2.35. The third-order valence-electron chi connectivity index (χ3n) is 5.93. The van der Waals surface area contributed by atoms with Crippen molar-refractivity contribution in [2.45, 2.75) is 39.8 Å². The summed E-state index contributed by atoms with van der Waals surface area (Å²) < 4.78 is 28.3. The Morgan fingerprint density at radius 1 is 0.769 bits per heavy atom. The maximum atomic E-state index is 12.3. The van der Waals surface area contributed by atoms with Gasteiger partial charge in [-0.15, -0.1) is 0 Å². The van der Waals surface area contributed by atoms with Gasteiger partial charge in [-0.1, -0.05) is 30.3 Å². The molecule has 8 nitrogen and oxygen atoms in total. The Bertz CT molecular complexity index is 1100. The number of para-hydroxylation sites is 1. The quantitative estimate of drug-likeness (QED) is 0.154. The van der Waals surface area contributed by atoms with Crippen LogP contribution in [-0.2, 0) is 24.6 Å². The maximum absolute atomic E-state index is 12.3. The minimum atomic E-state index is -2.71. The Morgan fingerprint density at radius 2 is 1.31 bits per heavy atom. The first-order chi connectivity index (χ1) is 19.0. The predicted molar refractivity (Wildman–Crippen MR) is 156 cm³/mol. The van der Waals surface area contributed by atoms with Crippen LogP contribution >= 0.6 is 0 Å². The number of hydrogen-bond donors (Lipinski definition) is 1. The largest absolute Gasteiger partial charge is 0.500 e. The van der Waals surface area contributed by atoms with Crippen LogP contribution in [0.1, 0.15) is 32.8 Å². The highest BCUT2D eigenvalue weighted by molar-refractivity contribution is 6.60. The first-order valence-electron chi connectivity index (χ1n) is 13.4. The average Bonchev–Trinajstić information content (AvgIpc) is 2.96. The van der Waals surface area contributed by atoms with Gasteiger partial charge in [0.05, 0.1) is 7.11 Å². The SMILES string of the molecule is CCO[Si](CCCNC(=O)OCc1ccc(N(c2ccccc2)c2ccc(OC)cc2)cc1)(OCC)OCC. The van der Waals surface area contributed by atoms with Crippen LogP contribution in [0.5, 0.6) is 5.75 Å². The number of benzene rings is 3. The number of anilines is 3. The molecule has 0 fully saturated rings. The molecule has 210 valence electrons. The lowest BCUT2D eigenvalue weighted by Crippen LogP contribution is -2.46. The van der Waals surface area contributed by atoms with Gasteiger partial charge in [0.25, 0.3) is 0 Å². The molecule has 3 aromatic carbocycles. The lowest BCUT2D eigenvalue weighted by molar-refractivity contribution is 0.0706. The summed E-state index contributed by atoms with van der Waals surface area (Å²) in [6.07, 6.45) is 0.219. The Kier molecular flexibility index (Phi) is 12.3. The Morgan fingerprint density at radius 3 is 1.85 bits per heavy atom. The van der Waals surface area contributed by atoms with Crippen molar-refractivity contribution in [2.75, 3.05) is 38.4 Å². The highest BCUT2D eigenvalue weighted by atomic mass is 28.4. The van der Waals surface area contributed by atoms with Crippen molar-refractivity contribution in [3.05, 3.63) is 84.4 Å². The first-order valence-corrected chi connectivity index (χ1v) is 15.4. The average molecular weight is 553 g/mol. The molecule has 3 aromatic rings. The lowest BCUT2D eigenvalue weighted by Gasteiger charge is -2.28. The molecule has 0 heterocycles. The van der Waals surface area contributed by atoms with E-state index in [1.54, 1.807) is 7.11 Å². The van der Waals surface area contributed by atoms with Gasteiger partial charge in [-0.05, 0) is 81.3 Å². The van der Waals surface area contributed by atoms with E-state index >= 15 is 0 Å². The van der Waals surface area contributed by atoms with E-state index in [1.807, 2.05) is 87.5 Å². The number of nitrogens with one attached hydrogen (secondary N) is 1. The van der Waals surface area contributed by atoms with Crippen molar-refractivity contribution >= 4 is 32.0 Å². The van der Waals surface area contributed by atoms with Crippen LogP contribution in [0.15, 0.2) is 78.9 Å². The van der Waals surface area contributed by atoms with Crippen LogP contribution in [0.25, 0.3) is 0 Å². The van der Waals surface area contributed by atoms with Crippen molar-refractivity contribution < 1.29 is 27.5 Å². The summed E-state index contributed by atoms with van der Waals surface area (Å²) in [7, 11) is -1.05. The molecule has 1 amide bonds. The van der Waals surface area contributed by atoms with Crippen LogP contribution in [0.2, 0.25) is 6.04 Å². The van der Waals surface area contributed by atoms with Crippen LogP contribution in [0.3, 0.4) is 0 Å². The Labute approximate surface area is 233 Å². The molecular weight excluding hydrogens is 512 g/mol. The fourth-order valence-corrected chi connectivity index (χ4v) is 6.81. The number of amides is 1. The van der Waals surface area contributed by atoms with E-state index in [0.29, 0.717) is 38.8 Å². The Balaban J connectivity index is 1.55. The molecule has 0 saturated heterocycles. The van der Waals surface area contributed by atoms with Crippen molar-refractivity contribution in [2.24, 2.45) is 0 Å². The van der Waals surface area contributed by atoms with Gasteiger partial charge in [0, 0.05) is 49.5 Å². The molecule has 0 aliphatic rings. The number of carbonyl (C=O) groups excluding carboxylic acids is 1. The minimum Gasteiger partial charge on any atom is -0.497 e. The van der Waals surface area contributed by atoms with Crippen molar-refractivity contribution in [3.63, 3.8) is 0 Å². The van der Waals surface area contributed by atoms with E-state index in [2.05, 4.69) is 22.3 Å². The van der Waals surface area contributed by atoms with E-state index in [-0.39, 0.29) is 6.61 Å². The molecule has 0 aromatic heterocycles. The molecule has 9 heteroatoms.